The van der Waals surface area contributed by atoms with Crippen LogP contribution >= 0.6 is 11.6 Å². The van der Waals surface area contributed by atoms with Crippen LogP contribution < -0.4 is 10.6 Å². The second-order valence-corrected chi connectivity index (χ2v) is 7.55. The summed E-state index contributed by atoms with van der Waals surface area (Å²) in [7, 11) is 1.76. The minimum absolute atomic E-state index is 0.0287. The van der Waals surface area contributed by atoms with Gasteiger partial charge in [0, 0.05) is 6.04 Å². The molecule has 2 rings (SSSR count). The molecule has 0 radical (unpaired) electrons. The van der Waals surface area contributed by atoms with Gasteiger partial charge in [0.1, 0.15) is 0 Å². The smallest absolute Gasteiger partial charge is 0.238 e. The van der Waals surface area contributed by atoms with Gasteiger partial charge in [-0.1, -0.05) is 50.4 Å². The minimum Gasteiger partial charge on any atom is -0.352 e. The van der Waals surface area contributed by atoms with Crippen LogP contribution in [0, 0.1) is 11.8 Å². The molecule has 1 fully saturated rings. The van der Waals surface area contributed by atoms with Crippen LogP contribution in [0.5, 0.6) is 0 Å². The molecular weight excluding hydrogens is 338 g/mol. The molecule has 2 amide bonds. The highest BCUT2D eigenvalue weighted by atomic mass is 35.5. The fourth-order valence-corrected chi connectivity index (χ4v) is 3.52. The van der Waals surface area contributed by atoms with Crippen LogP contribution in [-0.2, 0) is 9.59 Å². The number of anilines is 1. The number of likely N-dealkylation sites (N-methyl/N-ethyl adjacent to an activating group) is 1. The fourth-order valence-electron chi connectivity index (χ4n) is 3.34. The average Bonchev–Trinajstić information content (AvgIpc) is 2.53. The molecule has 1 aromatic rings. The first-order valence-corrected chi connectivity index (χ1v) is 9.27. The number of carbonyl (C=O) groups is 2. The third-order valence-corrected chi connectivity index (χ3v) is 5.36. The van der Waals surface area contributed by atoms with E-state index in [2.05, 4.69) is 24.5 Å². The maximum Gasteiger partial charge on any atom is 0.238 e. The van der Waals surface area contributed by atoms with E-state index >= 15 is 0 Å². The molecule has 1 aliphatic rings. The Balaban J connectivity index is 1.77. The predicted octanol–water partition coefficient (Wildman–Crippen LogP) is 3.15. The van der Waals surface area contributed by atoms with Crippen molar-refractivity contribution in [2.45, 2.75) is 39.2 Å². The number of hydrogen-bond donors (Lipinski definition) is 2. The summed E-state index contributed by atoms with van der Waals surface area (Å²) in [5.41, 5.74) is 0.581. The van der Waals surface area contributed by atoms with Crippen molar-refractivity contribution in [3.63, 3.8) is 0 Å². The molecule has 0 bridgehead atoms. The fraction of sp³-hybridized carbons (Fsp3) is 0.579. The summed E-state index contributed by atoms with van der Waals surface area (Å²) in [5.74, 6) is 0.909. The van der Waals surface area contributed by atoms with Crippen molar-refractivity contribution >= 4 is 29.1 Å². The lowest BCUT2D eigenvalue weighted by atomic mass is 9.78. The lowest BCUT2D eigenvalue weighted by molar-refractivity contribution is -0.124. The van der Waals surface area contributed by atoms with Crippen LogP contribution in [0.3, 0.4) is 0 Å². The van der Waals surface area contributed by atoms with Crippen LogP contribution in [0.1, 0.15) is 33.1 Å². The average molecular weight is 366 g/mol. The number of carbonyl (C=O) groups excluding carboxylic acids is 2. The van der Waals surface area contributed by atoms with Gasteiger partial charge in [-0.05, 0) is 37.4 Å². The van der Waals surface area contributed by atoms with Gasteiger partial charge in [0.15, 0.2) is 0 Å². The number of para-hydroxylation sites is 1. The predicted molar refractivity (Wildman–Crippen MR) is 102 cm³/mol. The SMILES string of the molecule is C[C@H]1[C@H](C)CCC[C@H]1NC(=O)CN(C)CC(=O)Nc1ccccc1Cl. The third-order valence-electron chi connectivity index (χ3n) is 5.03. The van der Waals surface area contributed by atoms with Crippen molar-refractivity contribution in [3.8, 4) is 0 Å². The summed E-state index contributed by atoms with van der Waals surface area (Å²) in [5, 5.41) is 6.39. The van der Waals surface area contributed by atoms with Gasteiger partial charge < -0.3 is 10.6 Å². The van der Waals surface area contributed by atoms with Crippen molar-refractivity contribution in [3.05, 3.63) is 29.3 Å². The number of halogens is 1. The van der Waals surface area contributed by atoms with E-state index in [1.807, 2.05) is 12.1 Å². The number of amides is 2. The highest BCUT2D eigenvalue weighted by Gasteiger charge is 2.28. The first kappa shape index (κ1) is 19.7. The van der Waals surface area contributed by atoms with Gasteiger partial charge in [0.05, 0.1) is 23.8 Å². The Morgan fingerprint density at radius 2 is 1.84 bits per heavy atom. The van der Waals surface area contributed by atoms with Gasteiger partial charge in [-0.2, -0.15) is 0 Å². The van der Waals surface area contributed by atoms with Gasteiger partial charge in [-0.3, -0.25) is 14.5 Å². The molecule has 1 saturated carbocycles. The van der Waals surface area contributed by atoms with Gasteiger partial charge in [-0.15, -0.1) is 0 Å². The second-order valence-electron chi connectivity index (χ2n) is 7.14. The molecule has 1 aromatic carbocycles. The monoisotopic (exact) mass is 365 g/mol. The summed E-state index contributed by atoms with van der Waals surface area (Å²) in [4.78, 5) is 26.1. The Bertz CT molecular complexity index is 608. The molecule has 0 aliphatic heterocycles. The molecule has 5 nitrogen and oxygen atoms in total. The van der Waals surface area contributed by atoms with Crippen LogP contribution in [0.2, 0.25) is 5.02 Å². The van der Waals surface area contributed by atoms with Gasteiger partial charge in [0.2, 0.25) is 11.8 Å². The number of nitrogens with zero attached hydrogens (tertiary/aromatic N) is 1. The van der Waals surface area contributed by atoms with Gasteiger partial charge >= 0.3 is 0 Å². The van der Waals surface area contributed by atoms with Gasteiger partial charge in [0.25, 0.3) is 0 Å². The minimum atomic E-state index is -0.192. The van der Waals surface area contributed by atoms with Gasteiger partial charge in [-0.25, -0.2) is 0 Å². The highest BCUT2D eigenvalue weighted by molar-refractivity contribution is 6.33. The molecule has 6 heteroatoms. The van der Waals surface area contributed by atoms with E-state index < -0.39 is 0 Å². The van der Waals surface area contributed by atoms with Crippen molar-refractivity contribution < 1.29 is 9.59 Å². The highest BCUT2D eigenvalue weighted by Crippen LogP contribution is 2.29. The van der Waals surface area contributed by atoms with Crippen LogP contribution in [0.15, 0.2) is 24.3 Å². The van der Waals surface area contributed by atoms with Crippen molar-refractivity contribution in [1.82, 2.24) is 10.2 Å². The van der Waals surface area contributed by atoms with E-state index in [9.17, 15) is 9.59 Å². The van der Waals surface area contributed by atoms with E-state index in [1.54, 1.807) is 24.1 Å². The summed E-state index contributed by atoms with van der Waals surface area (Å²) < 4.78 is 0. The number of nitrogens with one attached hydrogen (secondary N) is 2. The molecular formula is C19H28ClN3O2. The van der Waals surface area contributed by atoms with E-state index in [-0.39, 0.29) is 30.9 Å². The van der Waals surface area contributed by atoms with Crippen LogP contribution in [-0.4, -0.2) is 42.9 Å². The molecule has 1 aliphatic carbocycles. The molecule has 25 heavy (non-hydrogen) atoms. The number of benzene rings is 1. The van der Waals surface area contributed by atoms with E-state index in [0.717, 1.165) is 12.8 Å². The Labute approximate surface area is 155 Å². The van der Waals surface area contributed by atoms with Crippen molar-refractivity contribution in [1.29, 1.82) is 0 Å². The molecule has 138 valence electrons. The normalized spacial score (nSPS) is 23.3. The maximum absolute atomic E-state index is 12.3. The van der Waals surface area contributed by atoms with Crippen LogP contribution in [0.25, 0.3) is 0 Å². The lowest BCUT2D eigenvalue weighted by Crippen LogP contribution is -2.47. The molecule has 2 N–H and O–H groups in total. The Kier molecular flexibility index (Phi) is 7.26. The van der Waals surface area contributed by atoms with E-state index in [1.165, 1.54) is 6.42 Å². The molecule has 0 aromatic heterocycles. The van der Waals surface area contributed by atoms with E-state index in [4.69, 9.17) is 11.6 Å². The molecule has 0 heterocycles. The molecule has 3 atom stereocenters. The number of rotatable bonds is 6. The first-order chi connectivity index (χ1) is 11.9. The summed E-state index contributed by atoms with van der Waals surface area (Å²) in [6.45, 7) is 4.78. The maximum atomic E-state index is 12.3. The first-order valence-electron chi connectivity index (χ1n) is 8.89. The zero-order valence-corrected chi connectivity index (χ0v) is 16.0. The quantitative estimate of drug-likeness (QED) is 0.814. The van der Waals surface area contributed by atoms with E-state index in [0.29, 0.717) is 22.5 Å². The topological polar surface area (TPSA) is 61.4 Å². The largest absolute Gasteiger partial charge is 0.352 e. The standard InChI is InChI=1S/C19H28ClN3O2/c1-13-7-6-10-16(14(13)2)21-18(24)11-23(3)12-19(25)22-17-9-5-4-8-15(17)20/h4-5,8-9,13-14,16H,6-7,10-12H2,1-3H3,(H,21,24)(H,22,25)/t13-,14+,16-/m1/s1. The zero-order valence-electron chi connectivity index (χ0n) is 15.2. The Hall–Kier alpha value is -1.59. The molecule has 0 spiro atoms. The zero-order chi connectivity index (χ0) is 18.4. The Morgan fingerprint density at radius 3 is 2.56 bits per heavy atom. The second kappa shape index (κ2) is 9.20. The Morgan fingerprint density at radius 1 is 1.16 bits per heavy atom. The van der Waals surface area contributed by atoms with Crippen molar-refractivity contribution in [2.75, 3.05) is 25.5 Å². The summed E-state index contributed by atoms with van der Waals surface area (Å²) in [6.07, 6.45) is 3.43. The third kappa shape index (κ3) is 6.01. The number of hydrogen-bond acceptors (Lipinski definition) is 3. The van der Waals surface area contributed by atoms with Crippen molar-refractivity contribution in [2.24, 2.45) is 11.8 Å². The molecule has 0 unspecified atom stereocenters. The summed E-state index contributed by atoms with van der Waals surface area (Å²) in [6, 6.07) is 7.33. The lowest BCUT2D eigenvalue weighted by Gasteiger charge is -2.34. The molecule has 0 saturated heterocycles. The summed E-state index contributed by atoms with van der Waals surface area (Å²) >= 11 is 6.03. The van der Waals surface area contributed by atoms with Crippen LogP contribution in [0.4, 0.5) is 5.69 Å².